The van der Waals surface area contributed by atoms with Gasteiger partial charge in [-0.1, -0.05) is 6.92 Å². The first-order valence-electron chi connectivity index (χ1n) is 8.20. The highest BCUT2D eigenvalue weighted by atomic mass is 16.5. The molecule has 1 saturated heterocycles. The Morgan fingerprint density at radius 1 is 1.38 bits per heavy atom. The summed E-state index contributed by atoms with van der Waals surface area (Å²) in [5, 5.41) is 3.44. The number of piperidine rings is 1. The summed E-state index contributed by atoms with van der Waals surface area (Å²) < 4.78 is 5.83. The largest absolute Gasteiger partial charge is 0.377 e. The lowest BCUT2D eigenvalue weighted by Gasteiger charge is -2.35. The lowest BCUT2D eigenvalue weighted by atomic mass is 10.0. The van der Waals surface area contributed by atoms with Crippen LogP contribution >= 0.6 is 0 Å². The molecule has 1 atom stereocenters. The molecule has 1 aromatic rings. The Hall–Kier alpha value is -1.13. The average molecular weight is 291 g/mol. The third-order valence-electron chi connectivity index (χ3n) is 4.09. The molecule has 21 heavy (non-hydrogen) atoms. The van der Waals surface area contributed by atoms with Crippen LogP contribution in [0.3, 0.4) is 0 Å². The molecule has 2 heterocycles. The molecule has 0 spiro atoms. The number of nitrogens with zero attached hydrogens (tertiary/aromatic N) is 2. The van der Waals surface area contributed by atoms with Crippen LogP contribution in [0.4, 0.5) is 5.82 Å². The van der Waals surface area contributed by atoms with E-state index >= 15 is 0 Å². The van der Waals surface area contributed by atoms with Crippen molar-refractivity contribution in [2.24, 2.45) is 0 Å². The van der Waals surface area contributed by atoms with Crippen LogP contribution in [0.15, 0.2) is 6.07 Å². The van der Waals surface area contributed by atoms with Gasteiger partial charge in [-0.05, 0) is 51.8 Å². The third kappa shape index (κ3) is 4.17. The topological polar surface area (TPSA) is 37.4 Å². The number of ether oxygens (including phenoxy) is 1. The van der Waals surface area contributed by atoms with E-state index in [1.807, 2.05) is 0 Å². The number of hydrogen-bond donors (Lipinski definition) is 1. The van der Waals surface area contributed by atoms with Crippen molar-refractivity contribution in [1.29, 1.82) is 0 Å². The van der Waals surface area contributed by atoms with Crippen molar-refractivity contribution in [3.05, 3.63) is 22.9 Å². The summed E-state index contributed by atoms with van der Waals surface area (Å²) in [5.41, 5.74) is 3.76. The summed E-state index contributed by atoms with van der Waals surface area (Å²) in [6, 6.07) is 2.18. The average Bonchev–Trinajstić information content (AvgIpc) is 2.46. The van der Waals surface area contributed by atoms with E-state index in [0.29, 0.717) is 6.10 Å². The number of nitrogens with one attached hydrogen (secondary N) is 1. The van der Waals surface area contributed by atoms with Crippen LogP contribution in [0.2, 0.25) is 0 Å². The first kappa shape index (κ1) is 16.2. The van der Waals surface area contributed by atoms with E-state index in [1.54, 1.807) is 0 Å². The Morgan fingerprint density at radius 2 is 2.19 bits per heavy atom. The Kier molecular flexibility index (Phi) is 6.00. The quantitative estimate of drug-likeness (QED) is 0.874. The molecule has 1 aliphatic heterocycles. The summed E-state index contributed by atoms with van der Waals surface area (Å²) in [7, 11) is 0. The van der Waals surface area contributed by atoms with Crippen LogP contribution in [0.25, 0.3) is 0 Å². The Balaban J connectivity index is 2.23. The predicted octanol–water partition coefficient (Wildman–Crippen LogP) is 2.81. The van der Waals surface area contributed by atoms with Gasteiger partial charge in [0.15, 0.2) is 0 Å². The lowest BCUT2D eigenvalue weighted by Crippen LogP contribution is -2.41. The molecular formula is C17H29N3O. The minimum absolute atomic E-state index is 0.346. The maximum absolute atomic E-state index is 5.83. The molecule has 1 aliphatic rings. The molecule has 0 aromatic carbocycles. The number of anilines is 1. The van der Waals surface area contributed by atoms with E-state index in [2.05, 4.69) is 44.0 Å². The molecule has 118 valence electrons. The Bertz CT molecular complexity index is 460. The number of aryl methyl sites for hydroxylation is 2. The molecule has 0 radical (unpaired) electrons. The van der Waals surface area contributed by atoms with Crippen LogP contribution in [0.5, 0.6) is 0 Å². The first-order valence-corrected chi connectivity index (χ1v) is 8.20. The zero-order valence-electron chi connectivity index (χ0n) is 13.9. The molecule has 0 saturated carbocycles. The summed E-state index contributed by atoms with van der Waals surface area (Å²) in [6.45, 7) is 13.2. The van der Waals surface area contributed by atoms with Crippen molar-refractivity contribution in [3.8, 4) is 0 Å². The molecular weight excluding hydrogens is 262 g/mol. The second-order valence-corrected chi connectivity index (χ2v) is 5.83. The molecule has 4 heteroatoms. The van der Waals surface area contributed by atoms with E-state index in [0.717, 1.165) is 50.7 Å². The fourth-order valence-corrected chi connectivity index (χ4v) is 3.08. The smallest absolute Gasteiger partial charge is 0.133 e. The third-order valence-corrected chi connectivity index (χ3v) is 4.09. The summed E-state index contributed by atoms with van der Waals surface area (Å²) >= 11 is 0. The van der Waals surface area contributed by atoms with Gasteiger partial charge in [0, 0.05) is 37.5 Å². The van der Waals surface area contributed by atoms with Crippen molar-refractivity contribution >= 4 is 5.82 Å². The predicted molar refractivity (Wildman–Crippen MR) is 88.0 cm³/mol. The van der Waals surface area contributed by atoms with Gasteiger partial charge in [-0.25, -0.2) is 4.98 Å². The SMILES string of the molecule is CCNCc1c(C)cc(C)nc1N1CCCC(OCC)C1. The van der Waals surface area contributed by atoms with Gasteiger partial charge in [0.05, 0.1) is 6.10 Å². The summed E-state index contributed by atoms with van der Waals surface area (Å²) in [5.74, 6) is 1.15. The van der Waals surface area contributed by atoms with Gasteiger partial charge in [0.2, 0.25) is 0 Å². The van der Waals surface area contributed by atoms with Gasteiger partial charge in [-0.3, -0.25) is 0 Å². The van der Waals surface area contributed by atoms with Gasteiger partial charge in [-0.15, -0.1) is 0 Å². The van der Waals surface area contributed by atoms with Crippen molar-refractivity contribution in [2.75, 3.05) is 31.1 Å². The van der Waals surface area contributed by atoms with Crippen LogP contribution in [-0.2, 0) is 11.3 Å². The van der Waals surface area contributed by atoms with Crippen LogP contribution < -0.4 is 10.2 Å². The Morgan fingerprint density at radius 3 is 2.90 bits per heavy atom. The second kappa shape index (κ2) is 7.76. The van der Waals surface area contributed by atoms with Crippen LogP contribution in [0.1, 0.15) is 43.5 Å². The molecule has 1 N–H and O–H groups in total. The number of aromatic nitrogens is 1. The highest BCUT2D eigenvalue weighted by molar-refractivity contribution is 5.52. The molecule has 2 rings (SSSR count). The van der Waals surface area contributed by atoms with Gasteiger partial charge < -0.3 is 15.0 Å². The fraction of sp³-hybridized carbons (Fsp3) is 0.706. The normalized spacial score (nSPS) is 19.0. The van der Waals surface area contributed by atoms with E-state index in [9.17, 15) is 0 Å². The van der Waals surface area contributed by atoms with Gasteiger partial charge in [0.25, 0.3) is 0 Å². The summed E-state index contributed by atoms with van der Waals surface area (Å²) in [6.07, 6.45) is 2.69. The highest BCUT2D eigenvalue weighted by Gasteiger charge is 2.23. The van der Waals surface area contributed by atoms with Crippen molar-refractivity contribution in [3.63, 3.8) is 0 Å². The minimum Gasteiger partial charge on any atom is -0.377 e. The van der Waals surface area contributed by atoms with E-state index in [1.165, 1.54) is 17.5 Å². The summed E-state index contributed by atoms with van der Waals surface area (Å²) in [4.78, 5) is 7.25. The van der Waals surface area contributed by atoms with Gasteiger partial charge >= 0.3 is 0 Å². The van der Waals surface area contributed by atoms with Gasteiger partial charge in [0.1, 0.15) is 5.82 Å². The van der Waals surface area contributed by atoms with E-state index in [4.69, 9.17) is 9.72 Å². The Labute approximate surface area is 128 Å². The molecule has 4 nitrogen and oxygen atoms in total. The zero-order chi connectivity index (χ0) is 15.2. The van der Waals surface area contributed by atoms with E-state index in [-0.39, 0.29) is 0 Å². The lowest BCUT2D eigenvalue weighted by molar-refractivity contribution is 0.0524. The minimum atomic E-state index is 0.346. The van der Waals surface area contributed by atoms with Crippen molar-refractivity contribution in [1.82, 2.24) is 10.3 Å². The monoisotopic (exact) mass is 291 g/mol. The second-order valence-electron chi connectivity index (χ2n) is 5.83. The molecule has 1 aromatic heterocycles. The number of hydrogen-bond acceptors (Lipinski definition) is 4. The van der Waals surface area contributed by atoms with Crippen LogP contribution in [0, 0.1) is 13.8 Å². The standard InChI is InChI=1S/C17H29N3O/c1-5-18-11-16-13(3)10-14(4)19-17(16)20-9-7-8-15(12-20)21-6-2/h10,15,18H,5-9,11-12H2,1-4H3. The molecule has 0 amide bonds. The molecule has 0 aliphatic carbocycles. The number of pyridine rings is 1. The van der Waals surface area contributed by atoms with Crippen molar-refractivity contribution < 1.29 is 4.74 Å². The van der Waals surface area contributed by atoms with Gasteiger partial charge in [-0.2, -0.15) is 0 Å². The first-order chi connectivity index (χ1) is 10.2. The fourth-order valence-electron chi connectivity index (χ4n) is 3.08. The highest BCUT2D eigenvalue weighted by Crippen LogP contribution is 2.26. The van der Waals surface area contributed by atoms with E-state index < -0.39 is 0 Å². The zero-order valence-corrected chi connectivity index (χ0v) is 13.9. The number of rotatable bonds is 6. The van der Waals surface area contributed by atoms with Crippen LogP contribution in [-0.4, -0.2) is 37.3 Å². The molecule has 0 bridgehead atoms. The maximum atomic E-state index is 5.83. The van der Waals surface area contributed by atoms with Crippen molar-refractivity contribution in [2.45, 2.75) is 53.2 Å². The molecule has 1 fully saturated rings. The maximum Gasteiger partial charge on any atom is 0.133 e. The molecule has 1 unspecified atom stereocenters.